The number of esters is 2. The van der Waals surface area contributed by atoms with E-state index in [9.17, 15) is 23.8 Å². The highest BCUT2D eigenvalue weighted by atomic mass is 31.2. The molecule has 0 aromatic carbocycles. The Kier molecular flexibility index (Phi) is 37.5. The molecule has 0 saturated heterocycles. The standard InChI is InChI=1S/C44H78NO10P/c1-3-5-7-9-11-13-15-17-19-20-22-24-26-28-30-32-34-36-43(47)55-40(38-53-56(50,51)54-39-41(45)44(48)49)37-52-42(46)35-33-31-29-27-25-23-21-18-16-14-12-10-8-6-4-2/h5,7,11,13,17,19,22,24,40-41H,3-4,6,8-10,12,14-16,18,20-21,23,25-39,45H2,1-2H3,(H,48,49)(H,50,51)/t40-,41+/m1/s1. The van der Waals surface area contributed by atoms with Gasteiger partial charge in [0.25, 0.3) is 0 Å². The van der Waals surface area contributed by atoms with Crippen LogP contribution in [0.25, 0.3) is 0 Å². The molecule has 1 unspecified atom stereocenters. The summed E-state index contributed by atoms with van der Waals surface area (Å²) in [7, 11) is -4.72. The minimum atomic E-state index is -4.72. The van der Waals surface area contributed by atoms with E-state index in [0.29, 0.717) is 12.8 Å². The van der Waals surface area contributed by atoms with E-state index in [2.05, 4.69) is 67.0 Å². The van der Waals surface area contributed by atoms with Gasteiger partial charge in [-0.05, 0) is 51.4 Å². The number of unbranched alkanes of at least 4 members (excludes halogenated alkanes) is 18. The Morgan fingerprint density at radius 2 is 1.00 bits per heavy atom. The van der Waals surface area contributed by atoms with Crippen molar-refractivity contribution in [3.05, 3.63) is 48.6 Å². The van der Waals surface area contributed by atoms with Crippen LogP contribution in [0.5, 0.6) is 0 Å². The fourth-order valence-electron chi connectivity index (χ4n) is 5.70. The van der Waals surface area contributed by atoms with E-state index >= 15 is 0 Å². The third-order valence-corrected chi connectivity index (χ3v) is 10.0. The minimum absolute atomic E-state index is 0.133. The molecule has 11 nitrogen and oxygen atoms in total. The van der Waals surface area contributed by atoms with Crippen molar-refractivity contribution in [3.8, 4) is 0 Å². The highest BCUT2D eigenvalue weighted by Crippen LogP contribution is 2.43. The molecule has 0 heterocycles. The molecular weight excluding hydrogens is 733 g/mol. The Morgan fingerprint density at radius 1 is 0.571 bits per heavy atom. The molecule has 0 aliphatic heterocycles. The Bertz CT molecular complexity index is 1140. The van der Waals surface area contributed by atoms with Gasteiger partial charge in [0.05, 0.1) is 13.2 Å². The molecule has 0 saturated carbocycles. The van der Waals surface area contributed by atoms with Gasteiger partial charge < -0.3 is 25.2 Å². The van der Waals surface area contributed by atoms with Gasteiger partial charge in [-0.2, -0.15) is 0 Å². The summed E-state index contributed by atoms with van der Waals surface area (Å²) in [6.45, 7) is 2.67. The lowest BCUT2D eigenvalue weighted by atomic mass is 10.0. The summed E-state index contributed by atoms with van der Waals surface area (Å²) in [4.78, 5) is 45.9. The molecule has 0 fully saturated rings. The number of carbonyl (C=O) groups is 3. The summed E-state index contributed by atoms with van der Waals surface area (Å²) in [6, 6.07) is -1.53. The number of hydrogen-bond donors (Lipinski definition) is 3. The van der Waals surface area contributed by atoms with Gasteiger partial charge in [-0.25, -0.2) is 4.57 Å². The van der Waals surface area contributed by atoms with Gasteiger partial charge in [0.1, 0.15) is 12.6 Å². The van der Waals surface area contributed by atoms with Gasteiger partial charge >= 0.3 is 25.7 Å². The monoisotopic (exact) mass is 812 g/mol. The van der Waals surface area contributed by atoms with E-state index in [4.69, 9.17) is 24.8 Å². The number of rotatable bonds is 40. The van der Waals surface area contributed by atoms with Crippen LogP contribution in [0.2, 0.25) is 0 Å². The second-order valence-corrected chi connectivity index (χ2v) is 15.9. The van der Waals surface area contributed by atoms with Crippen LogP contribution in [0.15, 0.2) is 48.6 Å². The van der Waals surface area contributed by atoms with E-state index in [1.165, 1.54) is 70.6 Å². The zero-order chi connectivity index (χ0) is 41.4. The van der Waals surface area contributed by atoms with Crippen molar-refractivity contribution < 1.29 is 47.5 Å². The zero-order valence-electron chi connectivity index (χ0n) is 35.0. The van der Waals surface area contributed by atoms with E-state index in [1.807, 2.05) is 0 Å². The van der Waals surface area contributed by atoms with Crippen molar-refractivity contribution >= 4 is 25.7 Å². The number of carboxylic acids is 1. The SMILES string of the molecule is CCC=CCC=CCC=CCC=CCCCCCCC(=O)O[C@H](COC(=O)CCCCCCCCCCCCCCCCC)COP(=O)(O)OC[C@H](N)C(=O)O. The summed E-state index contributed by atoms with van der Waals surface area (Å²) >= 11 is 0. The largest absolute Gasteiger partial charge is 0.480 e. The van der Waals surface area contributed by atoms with E-state index < -0.39 is 51.1 Å². The van der Waals surface area contributed by atoms with Gasteiger partial charge in [0, 0.05) is 12.8 Å². The van der Waals surface area contributed by atoms with E-state index in [-0.39, 0.29) is 19.4 Å². The molecule has 0 aromatic heterocycles. The van der Waals surface area contributed by atoms with Crippen LogP contribution in [-0.4, -0.2) is 59.9 Å². The first kappa shape index (κ1) is 53.4. The first-order chi connectivity index (χ1) is 27.1. The van der Waals surface area contributed by atoms with Crippen molar-refractivity contribution in [2.75, 3.05) is 19.8 Å². The van der Waals surface area contributed by atoms with Crippen molar-refractivity contribution in [1.29, 1.82) is 0 Å². The van der Waals surface area contributed by atoms with Crippen LogP contribution in [0, 0.1) is 0 Å². The fourth-order valence-corrected chi connectivity index (χ4v) is 6.48. The van der Waals surface area contributed by atoms with Gasteiger partial charge in [-0.3, -0.25) is 23.4 Å². The van der Waals surface area contributed by atoms with Crippen LogP contribution in [0.4, 0.5) is 0 Å². The summed E-state index contributed by atoms with van der Waals surface area (Å²) in [5, 5.41) is 8.89. The lowest BCUT2D eigenvalue weighted by Crippen LogP contribution is -2.34. The van der Waals surface area contributed by atoms with E-state index in [0.717, 1.165) is 70.6 Å². The van der Waals surface area contributed by atoms with Crippen LogP contribution < -0.4 is 5.73 Å². The van der Waals surface area contributed by atoms with Crippen molar-refractivity contribution in [2.24, 2.45) is 5.73 Å². The molecular formula is C44H78NO10P. The molecule has 0 bridgehead atoms. The van der Waals surface area contributed by atoms with Gasteiger partial charge in [0.15, 0.2) is 6.10 Å². The highest BCUT2D eigenvalue weighted by Gasteiger charge is 2.28. The summed E-state index contributed by atoms with van der Waals surface area (Å²) in [5.41, 5.74) is 5.33. The molecule has 0 amide bonds. The number of allylic oxidation sites excluding steroid dienone is 8. The number of phosphoric ester groups is 1. The van der Waals surface area contributed by atoms with Gasteiger partial charge in [0.2, 0.25) is 0 Å². The van der Waals surface area contributed by atoms with Crippen LogP contribution >= 0.6 is 7.82 Å². The number of carboxylic acid groups (broad SMARTS) is 1. The summed E-state index contributed by atoms with van der Waals surface area (Å²) < 4.78 is 32.7. The second-order valence-electron chi connectivity index (χ2n) is 14.5. The molecule has 3 atom stereocenters. The number of ether oxygens (including phenoxy) is 2. The Labute approximate surface area is 339 Å². The maximum atomic E-state index is 12.6. The summed E-state index contributed by atoms with van der Waals surface area (Å²) in [6.07, 6.45) is 43.1. The Hall–Kier alpha value is -2.56. The molecule has 12 heteroatoms. The normalized spacial score (nSPS) is 14.2. The molecule has 0 aliphatic carbocycles. The van der Waals surface area contributed by atoms with Crippen LogP contribution in [0.3, 0.4) is 0 Å². The van der Waals surface area contributed by atoms with Gasteiger partial charge in [-0.1, -0.05) is 165 Å². The zero-order valence-corrected chi connectivity index (χ0v) is 35.9. The number of hydrogen-bond acceptors (Lipinski definition) is 9. The number of aliphatic carboxylic acids is 1. The first-order valence-electron chi connectivity index (χ1n) is 21.7. The average molecular weight is 812 g/mol. The number of nitrogens with two attached hydrogens (primary N) is 1. The third kappa shape index (κ3) is 38.3. The third-order valence-electron chi connectivity index (χ3n) is 9.09. The molecule has 56 heavy (non-hydrogen) atoms. The second kappa shape index (κ2) is 39.3. The molecule has 0 rings (SSSR count). The lowest BCUT2D eigenvalue weighted by Gasteiger charge is -2.20. The highest BCUT2D eigenvalue weighted by molar-refractivity contribution is 7.47. The molecule has 0 aliphatic rings. The Morgan fingerprint density at radius 3 is 1.50 bits per heavy atom. The topological polar surface area (TPSA) is 172 Å². The van der Waals surface area contributed by atoms with Crippen molar-refractivity contribution in [2.45, 2.75) is 193 Å². The summed E-state index contributed by atoms with van der Waals surface area (Å²) in [5.74, 6) is -2.41. The fraction of sp³-hybridized carbons (Fsp3) is 0.750. The van der Waals surface area contributed by atoms with Gasteiger partial charge in [-0.15, -0.1) is 0 Å². The Balaban J connectivity index is 4.41. The smallest absolute Gasteiger partial charge is 0.472 e. The molecule has 0 spiro atoms. The molecule has 0 radical (unpaired) electrons. The van der Waals surface area contributed by atoms with E-state index in [1.54, 1.807) is 0 Å². The maximum absolute atomic E-state index is 12.6. The van der Waals surface area contributed by atoms with Crippen molar-refractivity contribution in [1.82, 2.24) is 0 Å². The van der Waals surface area contributed by atoms with Crippen molar-refractivity contribution in [3.63, 3.8) is 0 Å². The first-order valence-corrected chi connectivity index (χ1v) is 23.2. The number of phosphoric acid groups is 1. The van der Waals surface area contributed by atoms with Crippen LogP contribution in [0.1, 0.15) is 181 Å². The molecule has 0 aromatic rings. The molecule has 4 N–H and O–H groups in total. The predicted octanol–water partition coefficient (Wildman–Crippen LogP) is 11.4. The average Bonchev–Trinajstić information content (AvgIpc) is 3.17. The van der Waals surface area contributed by atoms with Crippen LogP contribution in [-0.2, 0) is 37.5 Å². The predicted molar refractivity (Wildman–Crippen MR) is 226 cm³/mol. The quantitative estimate of drug-likeness (QED) is 0.0233. The maximum Gasteiger partial charge on any atom is 0.472 e. The molecule has 324 valence electrons. The lowest BCUT2D eigenvalue weighted by molar-refractivity contribution is -0.161. The number of carbonyl (C=O) groups excluding carboxylic acids is 2. The minimum Gasteiger partial charge on any atom is -0.480 e.